The number of ether oxygens (including phenoxy) is 1. The Morgan fingerprint density at radius 3 is 2.54 bits per heavy atom. The van der Waals surface area contributed by atoms with Crippen LogP contribution in [0.1, 0.15) is 5.56 Å². The average molecular weight is 187 g/mol. The van der Waals surface area contributed by atoms with Crippen LogP contribution in [0.2, 0.25) is 0 Å². The number of methoxy groups -OCH3 is 1. The Labute approximate surface area is 75.3 Å². The number of benzene rings is 1. The van der Waals surface area contributed by atoms with E-state index in [-0.39, 0.29) is 5.75 Å². The maximum absolute atomic E-state index is 13.0. The van der Waals surface area contributed by atoms with Gasteiger partial charge in [0.25, 0.3) is 0 Å². The van der Waals surface area contributed by atoms with Crippen LogP contribution in [0.5, 0.6) is 5.75 Å². The van der Waals surface area contributed by atoms with E-state index in [2.05, 4.69) is 0 Å². The van der Waals surface area contributed by atoms with Gasteiger partial charge in [-0.3, -0.25) is 0 Å². The van der Waals surface area contributed by atoms with E-state index in [1.54, 1.807) is 0 Å². The third-order valence-corrected chi connectivity index (χ3v) is 1.73. The number of rotatable bonds is 3. The minimum absolute atomic E-state index is 0.0462. The Morgan fingerprint density at radius 1 is 1.31 bits per heavy atom. The van der Waals surface area contributed by atoms with Crippen LogP contribution in [-0.2, 0) is 6.42 Å². The Kier molecular flexibility index (Phi) is 3.19. The first-order valence-corrected chi connectivity index (χ1v) is 3.91. The molecule has 13 heavy (non-hydrogen) atoms. The number of nitrogens with two attached hydrogens (primary N) is 1. The van der Waals surface area contributed by atoms with Crippen molar-refractivity contribution in [2.24, 2.45) is 5.73 Å². The molecule has 0 saturated carbocycles. The van der Waals surface area contributed by atoms with Crippen molar-refractivity contribution in [1.29, 1.82) is 0 Å². The zero-order valence-electron chi connectivity index (χ0n) is 7.31. The molecule has 72 valence electrons. The molecule has 1 rings (SSSR count). The molecule has 0 atom stereocenters. The highest BCUT2D eigenvalue weighted by atomic mass is 19.1. The standard InChI is InChI=1S/C9H11F2NO/c1-13-9-4-6(2-3-12)7(10)5-8(9)11/h4-5H,2-3,12H2,1H3. The number of hydrogen-bond donors (Lipinski definition) is 1. The first kappa shape index (κ1) is 9.92. The molecule has 0 aliphatic rings. The molecule has 0 saturated heterocycles. The van der Waals surface area contributed by atoms with E-state index in [1.165, 1.54) is 13.2 Å². The monoisotopic (exact) mass is 187 g/mol. The van der Waals surface area contributed by atoms with Crippen LogP contribution in [0, 0.1) is 11.6 Å². The topological polar surface area (TPSA) is 35.2 Å². The fourth-order valence-electron chi connectivity index (χ4n) is 1.07. The fourth-order valence-corrected chi connectivity index (χ4v) is 1.07. The van der Waals surface area contributed by atoms with E-state index in [9.17, 15) is 8.78 Å². The molecule has 0 fully saturated rings. The van der Waals surface area contributed by atoms with Crippen molar-refractivity contribution < 1.29 is 13.5 Å². The van der Waals surface area contributed by atoms with Gasteiger partial charge in [-0.1, -0.05) is 0 Å². The van der Waals surface area contributed by atoms with Gasteiger partial charge in [0, 0.05) is 6.07 Å². The first-order valence-electron chi connectivity index (χ1n) is 3.91. The van der Waals surface area contributed by atoms with Crippen molar-refractivity contribution in [3.8, 4) is 5.75 Å². The Balaban J connectivity index is 3.06. The highest BCUT2D eigenvalue weighted by Crippen LogP contribution is 2.21. The van der Waals surface area contributed by atoms with Gasteiger partial charge < -0.3 is 10.5 Å². The molecule has 1 aromatic rings. The molecule has 0 amide bonds. The van der Waals surface area contributed by atoms with Crippen LogP contribution >= 0.6 is 0 Å². The first-order chi connectivity index (χ1) is 6.19. The molecule has 2 N–H and O–H groups in total. The molecular weight excluding hydrogens is 176 g/mol. The van der Waals surface area contributed by atoms with Gasteiger partial charge in [-0.15, -0.1) is 0 Å². The number of hydrogen-bond acceptors (Lipinski definition) is 2. The zero-order chi connectivity index (χ0) is 9.84. The quantitative estimate of drug-likeness (QED) is 0.777. The van der Waals surface area contributed by atoms with E-state index in [0.717, 1.165) is 6.07 Å². The molecule has 0 heterocycles. The summed E-state index contributed by atoms with van der Waals surface area (Å²) < 4.78 is 30.6. The summed E-state index contributed by atoms with van der Waals surface area (Å²) in [7, 11) is 1.34. The molecular formula is C9H11F2NO. The molecule has 0 unspecified atom stereocenters. The van der Waals surface area contributed by atoms with Crippen LogP contribution in [0.25, 0.3) is 0 Å². The van der Waals surface area contributed by atoms with Gasteiger partial charge in [-0.2, -0.15) is 0 Å². The Bertz CT molecular complexity index is 302. The molecule has 0 radical (unpaired) electrons. The van der Waals surface area contributed by atoms with Crippen molar-refractivity contribution in [1.82, 2.24) is 0 Å². The Hall–Kier alpha value is -1.16. The lowest BCUT2D eigenvalue weighted by atomic mass is 10.1. The van der Waals surface area contributed by atoms with Gasteiger partial charge in [0.1, 0.15) is 5.82 Å². The van der Waals surface area contributed by atoms with Gasteiger partial charge in [0.05, 0.1) is 7.11 Å². The predicted octanol–water partition coefficient (Wildman–Crippen LogP) is 1.47. The molecule has 0 spiro atoms. The van der Waals surface area contributed by atoms with Crippen molar-refractivity contribution in [2.75, 3.05) is 13.7 Å². The summed E-state index contributed by atoms with van der Waals surface area (Å²) in [6.07, 6.45) is 0.377. The van der Waals surface area contributed by atoms with Gasteiger partial charge in [0.15, 0.2) is 11.6 Å². The molecule has 4 heteroatoms. The molecule has 2 nitrogen and oxygen atoms in total. The molecule has 0 aromatic heterocycles. The summed E-state index contributed by atoms with van der Waals surface area (Å²) in [5, 5.41) is 0. The van der Waals surface area contributed by atoms with E-state index >= 15 is 0 Å². The average Bonchev–Trinajstić information content (AvgIpc) is 2.10. The SMILES string of the molecule is COc1cc(CCN)c(F)cc1F. The van der Waals surface area contributed by atoms with Crippen molar-refractivity contribution in [3.63, 3.8) is 0 Å². The summed E-state index contributed by atoms with van der Waals surface area (Å²) >= 11 is 0. The third-order valence-electron chi connectivity index (χ3n) is 1.73. The third kappa shape index (κ3) is 2.15. The number of halogens is 2. The summed E-state index contributed by atoms with van der Waals surface area (Å²) in [4.78, 5) is 0. The smallest absolute Gasteiger partial charge is 0.167 e. The normalized spacial score (nSPS) is 10.2. The van der Waals surface area contributed by atoms with Crippen LogP contribution in [0.4, 0.5) is 8.78 Å². The van der Waals surface area contributed by atoms with Crippen molar-refractivity contribution >= 4 is 0 Å². The van der Waals surface area contributed by atoms with E-state index in [0.29, 0.717) is 18.5 Å². The van der Waals surface area contributed by atoms with E-state index in [1.807, 2.05) is 0 Å². The van der Waals surface area contributed by atoms with Crippen LogP contribution in [-0.4, -0.2) is 13.7 Å². The summed E-state index contributed by atoms with van der Waals surface area (Å²) in [6.45, 7) is 0.325. The lowest BCUT2D eigenvalue weighted by molar-refractivity contribution is 0.383. The lowest BCUT2D eigenvalue weighted by Gasteiger charge is -2.05. The van der Waals surface area contributed by atoms with Crippen molar-refractivity contribution in [3.05, 3.63) is 29.3 Å². The van der Waals surface area contributed by atoms with Gasteiger partial charge in [-0.25, -0.2) is 8.78 Å². The second-order valence-electron chi connectivity index (χ2n) is 2.62. The van der Waals surface area contributed by atoms with Crippen molar-refractivity contribution in [2.45, 2.75) is 6.42 Å². The summed E-state index contributed by atoms with van der Waals surface area (Å²) in [5.41, 5.74) is 5.63. The van der Waals surface area contributed by atoms with Crippen LogP contribution < -0.4 is 10.5 Å². The van der Waals surface area contributed by atoms with Gasteiger partial charge in [0.2, 0.25) is 0 Å². The fraction of sp³-hybridized carbons (Fsp3) is 0.333. The van der Waals surface area contributed by atoms with Crippen LogP contribution in [0.15, 0.2) is 12.1 Å². The van der Waals surface area contributed by atoms with Gasteiger partial charge >= 0.3 is 0 Å². The molecule has 1 aromatic carbocycles. The Morgan fingerprint density at radius 2 is 2.00 bits per heavy atom. The zero-order valence-corrected chi connectivity index (χ0v) is 7.31. The molecule has 0 aliphatic carbocycles. The molecule has 0 bridgehead atoms. The maximum atomic E-state index is 13.0. The largest absolute Gasteiger partial charge is 0.494 e. The van der Waals surface area contributed by atoms with Crippen LogP contribution in [0.3, 0.4) is 0 Å². The second-order valence-corrected chi connectivity index (χ2v) is 2.62. The predicted molar refractivity (Wildman–Crippen MR) is 45.7 cm³/mol. The lowest BCUT2D eigenvalue weighted by Crippen LogP contribution is -2.05. The maximum Gasteiger partial charge on any atom is 0.167 e. The summed E-state index contributed by atoms with van der Waals surface area (Å²) in [5.74, 6) is -1.23. The van der Waals surface area contributed by atoms with E-state index in [4.69, 9.17) is 10.5 Å². The highest BCUT2D eigenvalue weighted by molar-refractivity contribution is 5.31. The minimum Gasteiger partial charge on any atom is -0.494 e. The van der Waals surface area contributed by atoms with E-state index < -0.39 is 11.6 Å². The highest BCUT2D eigenvalue weighted by Gasteiger charge is 2.09. The van der Waals surface area contributed by atoms with Gasteiger partial charge in [-0.05, 0) is 24.6 Å². The second kappa shape index (κ2) is 4.18. The molecule has 0 aliphatic heterocycles. The summed E-state index contributed by atoms with van der Waals surface area (Å²) in [6, 6.07) is 2.14. The minimum atomic E-state index is -0.694.